The van der Waals surface area contributed by atoms with E-state index in [-0.39, 0.29) is 0 Å². The van der Waals surface area contributed by atoms with Gasteiger partial charge < -0.3 is 11.1 Å². The molecule has 0 spiro atoms. The van der Waals surface area contributed by atoms with Crippen molar-refractivity contribution in [1.82, 2.24) is 0 Å². The van der Waals surface area contributed by atoms with Crippen LogP contribution in [0.15, 0.2) is 85.7 Å². The van der Waals surface area contributed by atoms with Gasteiger partial charge in [0.05, 0.1) is 0 Å². The van der Waals surface area contributed by atoms with E-state index in [1.165, 1.54) is 17.3 Å². The molecule has 1 aromatic rings. The minimum absolute atomic E-state index is 1.09. The first kappa shape index (κ1) is 17.2. The van der Waals surface area contributed by atoms with E-state index in [4.69, 9.17) is 11.1 Å². The number of fused-ring (bicyclic) bond motifs is 1. The number of hydrogen-bond acceptors (Lipinski definition) is 2. The SMILES string of the molecule is C=C/C=C\C=N.C=CC1=C(/C=C\C)/C(=C\N)c2ccccc21. The smallest absolute Gasteiger partial charge is 0.0177 e. The third-order valence-electron chi connectivity index (χ3n) is 3.14. The van der Waals surface area contributed by atoms with Crippen molar-refractivity contribution in [2.75, 3.05) is 0 Å². The van der Waals surface area contributed by atoms with E-state index >= 15 is 0 Å². The Hall–Kier alpha value is -2.87. The van der Waals surface area contributed by atoms with E-state index in [9.17, 15) is 0 Å². The zero-order valence-corrected chi connectivity index (χ0v) is 12.9. The monoisotopic (exact) mass is 290 g/mol. The molecule has 2 heteroatoms. The Morgan fingerprint density at radius 2 is 1.73 bits per heavy atom. The van der Waals surface area contributed by atoms with E-state index in [0.29, 0.717) is 0 Å². The lowest BCUT2D eigenvalue weighted by molar-refractivity contribution is 1.54. The Balaban J connectivity index is 0.000000346. The first-order chi connectivity index (χ1) is 10.7. The summed E-state index contributed by atoms with van der Waals surface area (Å²) >= 11 is 0. The van der Waals surface area contributed by atoms with Crippen molar-refractivity contribution in [3.05, 3.63) is 96.8 Å². The van der Waals surface area contributed by atoms with Crippen LogP contribution in [0.2, 0.25) is 0 Å². The topological polar surface area (TPSA) is 49.9 Å². The van der Waals surface area contributed by atoms with Crippen molar-refractivity contribution in [2.45, 2.75) is 6.92 Å². The number of nitrogens with two attached hydrogens (primary N) is 1. The molecule has 0 aliphatic heterocycles. The molecule has 1 aliphatic carbocycles. The molecule has 1 aliphatic rings. The van der Waals surface area contributed by atoms with Crippen LogP contribution >= 0.6 is 0 Å². The van der Waals surface area contributed by atoms with Crippen molar-refractivity contribution in [1.29, 1.82) is 5.41 Å². The fourth-order valence-corrected chi connectivity index (χ4v) is 2.27. The van der Waals surface area contributed by atoms with E-state index < -0.39 is 0 Å². The lowest BCUT2D eigenvalue weighted by atomic mass is 10.0. The molecular weight excluding hydrogens is 268 g/mol. The van der Waals surface area contributed by atoms with Gasteiger partial charge in [-0.1, -0.05) is 67.8 Å². The summed E-state index contributed by atoms with van der Waals surface area (Å²) in [6.07, 6.45) is 13.8. The number of benzene rings is 1. The number of nitrogens with one attached hydrogen (secondary N) is 1. The second-order valence-electron chi connectivity index (χ2n) is 4.44. The molecule has 0 radical (unpaired) electrons. The Bertz CT molecular complexity index is 661. The molecular formula is C20H22N2. The summed E-state index contributed by atoms with van der Waals surface area (Å²) in [5.74, 6) is 0. The average Bonchev–Trinajstić information content (AvgIpc) is 2.86. The minimum atomic E-state index is 1.09. The molecule has 2 rings (SSSR count). The van der Waals surface area contributed by atoms with E-state index in [0.717, 1.165) is 16.7 Å². The molecule has 0 unspecified atom stereocenters. The maximum Gasteiger partial charge on any atom is 0.0177 e. The molecule has 0 heterocycles. The number of allylic oxidation sites excluding steroid dienone is 9. The number of hydrogen-bond donors (Lipinski definition) is 2. The van der Waals surface area contributed by atoms with Crippen molar-refractivity contribution < 1.29 is 0 Å². The van der Waals surface area contributed by atoms with Gasteiger partial charge in [0, 0.05) is 18.0 Å². The summed E-state index contributed by atoms with van der Waals surface area (Å²) in [6, 6.07) is 8.26. The molecule has 0 saturated carbocycles. The fourth-order valence-electron chi connectivity index (χ4n) is 2.27. The van der Waals surface area contributed by atoms with Gasteiger partial charge in [0.2, 0.25) is 0 Å². The highest BCUT2D eigenvalue weighted by molar-refractivity contribution is 6.04. The summed E-state index contributed by atoms with van der Waals surface area (Å²) in [7, 11) is 0. The first-order valence-corrected chi connectivity index (χ1v) is 7.04. The molecule has 1 aromatic carbocycles. The zero-order valence-electron chi connectivity index (χ0n) is 12.9. The lowest BCUT2D eigenvalue weighted by Crippen LogP contribution is -1.88. The largest absolute Gasteiger partial charge is 0.404 e. The summed E-state index contributed by atoms with van der Waals surface area (Å²) in [5, 5.41) is 6.45. The van der Waals surface area contributed by atoms with Crippen molar-refractivity contribution in [2.24, 2.45) is 5.73 Å². The van der Waals surface area contributed by atoms with Gasteiger partial charge in [0.25, 0.3) is 0 Å². The zero-order chi connectivity index (χ0) is 16.4. The fraction of sp³-hybridized carbons (Fsp3) is 0.0500. The Morgan fingerprint density at radius 3 is 2.18 bits per heavy atom. The van der Waals surface area contributed by atoms with Crippen LogP contribution in [0.4, 0.5) is 0 Å². The van der Waals surface area contributed by atoms with Crippen LogP contribution in [0.5, 0.6) is 0 Å². The summed E-state index contributed by atoms with van der Waals surface area (Å²) < 4.78 is 0. The number of rotatable bonds is 4. The highest BCUT2D eigenvalue weighted by Gasteiger charge is 2.21. The van der Waals surface area contributed by atoms with Crippen LogP contribution in [-0.2, 0) is 0 Å². The summed E-state index contributed by atoms with van der Waals surface area (Å²) in [4.78, 5) is 0. The molecule has 0 atom stereocenters. The van der Waals surface area contributed by atoms with Gasteiger partial charge in [-0.3, -0.25) is 0 Å². The van der Waals surface area contributed by atoms with E-state index in [1.54, 1.807) is 24.4 Å². The van der Waals surface area contributed by atoms with Gasteiger partial charge in [0.1, 0.15) is 0 Å². The Kier molecular flexibility index (Phi) is 7.14. The van der Waals surface area contributed by atoms with Crippen molar-refractivity contribution in [3.63, 3.8) is 0 Å². The van der Waals surface area contributed by atoms with Crippen LogP contribution in [0.1, 0.15) is 18.1 Å². The third kappa shape index (κ3) is 3.83. The Labute approximate surface area is 132 Å². The molecule has 3 N–H and O–H groups in total. The van der Waals surface area contributed by atoms with Crippen LogP contribution in [0, 0.1) is 5.41 Å². The molecule has 0 fully saturated rings. The second-order valence-corrected chi connectivity index (χ2v) is 4.44. The van der Waals surface area contributed by atoms with Gasteiger partial charge in [0.15, 0.2) is 0 Å². The predicted octanol–water partition coefficient (Wildman–Crippen LogP) is 4.89. The molecule has 0 bridgehead atoms. The van der Waals surface area contributed by atoms with Crippen molar-refractivity contribution >= 4 is 17.4 Å². The third-order valence-corrected chi connectivity index (χ3v) is 3.14. The van der Waals surface area contributed by atoms with Gasteiger partial charge in [-0.15, -0.1) is 0 Å². The van der Waals surface area contributed by atoms with E-state index in [1.807, 2.05) is 31.2 Å². The Morgan fingerprint density at radius 1 is 1.05 bits per heavy atom. The second kappa shape index (κ2) is 9.14. The average molecular weight is 290 g/mol. The molecule has 0 aromatic heterocycles. The quantitative estimate of drug-likeness (QED) is 0.601. The van der Waals surface area contributed by atoms with Gasteiger partial charge in [-0.05, 0) is 35.3 Å². The molecule has 0 amide bonds. The standard InChI is InChI=1S/C15H15N.C5H7N/c1-3-7-12-11(4-2)13-8-5-6-9-14(13)15(12)10-16;1-2-3-4-5-6/h3-10H,2,16H2,1H3;2-6H,1H2/b7-3-,15-10+;4-3-,6-5?. The van der Waals surface area contributed by atoms with Gasteiger partial charge in [-0.2, -0.15) is 0 Å². The van der Waals surface area contributed by atoms with Gasteiger partial charge in [-0.25, -0.2) is 0 Å². The molecule has 2 nitrogen and oxygen atoms in total. The molecule has 22 heavy (non-hydrogen) atoms. The minimum Gasteiger partial charge on any atom is -0.404 e. The molecule has 0 saturated heterocycles. The maximum atomic E-state index is 6.45. The predicted molar refractivity (Wildman–Crippen MR) is 98.7 cm³/mol. The van der Waals surface area contributed by atoms with E-state index in [2.05, 4.69) is 31.4 Å². The van der Waals surface area contributed by atoms with Gasteiger partial charge >= 0.3 is 0 Å². The highest BCUT2D eigenvalue weighted by Crippen LogP contribution is 2.41. The highest BCUT2D eigenvalue weighted by atomic mass is 14.5. The normalized spacial score (nSPS) is 14.9. The van der Waals surface area contributed by atoms with Crippen LogP contribution in [0.3, 0.4) is 0 Å². The van der Waals surface area contributed by atoms with Crippen molar-refractivity contribution in [3.8, 4) is 0 Å². The van der Waals surface area contributed by atoms with Crippen LogP contribution in [0.25, 0.3) is 11.1 Å². The first-order valence-electron chi connectivity index (χ1n) is 7.04. The molecule has 112 valence electrons. The lowest BCUT2D eigenvalue weighted by Gasteiger charge is -2.01. The van der Waals surface area contributed by atoms with Crippen LogP contribution < -0.4 is 5.73 Å². The summed E-state index contributed by atoms with van der Waals surface area (Å²) in [6.45, 7) is 9.30. The maximum absolute atomic E-state index is 6.45. The van der Waals surface area contributed by atoms with Crippen LogP contribution in [-0.4, -0.2) is 6.21 Å². The summed E-state index contributed by atoms with van der Waals surface area (Å²) in [5.41, 5.74) is 11.5.